The fourth-order valence-electron chi connectivity index (χ4n) is 2.43. The molecule has 0 saturated heterocycles. The molecule has 0 aromatic carbocycles. The maximum absolute atomic E-state index is 13.0. The van der Waals surface area contributed by atoms with Gasteiger partial charge in [0.05, 0.1) is 5.70 Å². The van der Waals surface area contributed by atoms with Gasteiger partial charge in [-0.3, -0.25) is 0 Å². The average Bonchev–Trinajstić information content (AvgIpc) is 3.48. The highest BCUT2D eigenvalue weighted by Crippen LogP contribution is 2.29. The minimum atomic E-state index is -4.56. The summed E-state index contributed by atoms with van der Waals surface area (Å²) in [6.45, 7) is 3.83. The minimum absolute atomic E-state index is 0.00627. The predicted molar refractivity (Wildman–Crippen MR) is 106 cm³/mol. The second kappa shape index (κ2) is 8.46. The number of rotatable bonds is 8. The first-order valence-electron chi connectivity index (χ1n) is 9.18. The third-order valence-corrected chi connectivity index (χ3v) is 3.91. The number of anilines is 2. The van der Waals surface area contributed by atoms with Crippen molar-refractivity contribution in [3.8, 4) is 11.5 Å². The number of hydrogen-bond acceptors (Lipinski definition) is 7. The van der Waals surface area contributed by atoms with Gasteiger partial charge in [0.2, 0.25) is 0 Å². The van der Waals surface area contributed by atoms with Gasteiger partial charge in [0.1, 0.15) is 23.0 Å². The Morgan fingerprint density at radius 1 is 1.17 bits per heavy atom. The van der Waals surface area contributed by atoms with Crippen LogP contribution in [-0.2, 0) is 6.18 Å². The SMILES string of the molecule is CC(C)Nc1cc(N/C(C=N)=C/NC2CC2)nc(-c2cccc(C(F)(F)F)n2)n1. The standard InChI is InChI=1S/C19H22F3N7/c1-11(2)25-16-8-17(26-13(9-23)10-24-12-6-7-12)29-18(28-16)14-4-3-5-15(27-14)19(20,21)22/h3-5,8-12,23-24H,6-7H2,1-2H3,(H2,25,26,28,29)/b13-10+,23-9?. The molecule has 0 spiro atoms. The van der Waals surface area contributed by atoms with Crippen LogP contribution in [0.25, 0.3) is 11.5 Å². The Morgan fingerprint density at radius 2 is 1.90 bits per heavy atom. The van der Waals surface area contributed by atoms with Gasteiger partial charge in [-0.05, 0) is 38.8 Å². The Labute approximate surface area is 166 Å². The molecule has 2 heterocycles. The lowest BCUT2D eigenvalue weighted by Crippen LogP contribution is -2.15. The number of aromatic nitrogens is 3. The highest BCUT2D eigenvalue weighted by Gasteiger charge is 2.32. The Hall–Kier alpha value is -3.17. The van der Waals surface area contributed by atoms with Crippen LogP contribution in [0.1, 0.15) is 32.4 Å². The lowest BCUT2D eigenvalue weighted by atomic mass is 10.2. The second-order valence-corrected chi connectivity index (χ2v) is 6.98. The van der Waals surface area contributed by atoms with E-state index in [-0.39, 0.29) is 17.6 Å². The molecule has 0 aliphatic heterocycles. The summed E-state index contributed by atoms with van der Waals surface area (Å²) in [5.41, 5.74) is -0.537. The van der Waals surface area contributed by atoms with Crippen molar-refractivity contribution in [2.75, 3.05) is 10.6 Å². The summed E-state index contributed by atoms with van der Waals surface area (Å²) >= 11 is 0. The molecule has 0 unspecified atom stereocenters. The normalized spacial score (nSPS) is 14.6. The van der Waals surface area contributed by atoms with Gasteiger partial charge in [0.25, 0.3) is 0 Å². The Kier molecular flexibility index (Phi) is 6.00. The molecular weight excluding hydrogens is 383 g/mol. The summed E-state index contributed by atoms with van der Waals surface area (Å²) in [6.07, 6.45) is 0.432. The molecule has 10 heteroatoms. The Bertz CT molecular complexity index is 905. The molecule has 1 fully saturated rings. The van der Waals surface area contributed by atoms with Gasteiger partial charge in [-0.15, -0.1) is 0 Å². The van der Waals surface area contributed by atoms with Gasteiger partial charge in [-0.1, -0.05) is 6.07 Å². The van der Waals surface area contributed by atoms with E-state index in [1.165, 1.54) is 12.1 Å². The molecule has 1 aliphatic carbocycles. The van der Waals surface area contributed by atoms with Gasteiger partial charge >= 0.3 is 6.18 Å². The smallest absolute Gasteiger partial charge is 0.386 e. The quantitative estimate of drug-likeness (QED) is 0.495. The number of pyridine rings is 1. The average molecular weight is 405 g/mol. The molecule has 2 aromatic heterocycles. The number of allylic oxidation sites excluding steroid dienone is 1. The third-order valence-electron chi connectivity index (χ3n) is 3.91. The lowest BCUT2D eigenvalue weighted by Gasteiger charge is -2.14. The highest BCUT2D eigenvalue weighted by molar-refractivity contribution is 5.80. The molecule has 0 amide bonds. The molecule has 7 nitrogen and oxygen atoms in total. The van der Waals surface area contributed by atoms with Gasteiger partial charge in [-0.2, -0.15) is 13.2 Å². The van der Waals surface area contributed by atoms with Crippen LogP contribution < -0.4 is 16.0 Å². The van der Waals surface area contributed by atoms with Crippen LogP contribution in [0.4, 0.5) is 24.8 Å². The van der Waals surface area contributed by atoms with Crippen molar-refractivity contribution in [1.29, 1.82) is 5.41 Å². The summed E-state index contributed by atoms with van der Waals surface area (Å²) in [5.74, 6) is 0.819. The van der Waals surface area contributed by atoms with Crippen LogP contribution in [-0.4, -0.2) is 33.3 Å². The molecule has 0 atom stereocenters. The fourth-order valence-corrected chi connectivity index (χ4v) is 2.43. The zero-order valence-corrected chi connectivity index (χ0v) is 16.0. The van der Waals surface area contributed by atoms with E-state index >= 15 is 0 Å². The first-order chi connectivity index (χ1) is 13.7. The van der Waals surface area contributed by atoms with E-state index in [2.05, 4.69) is 30.9 Å². The molecule has 1 saturated carbocycles. The lowest BCUT2D eigenvalue weighted by molar-refractivity contribution is -0.141. The summed E-state index contributed by atoms with van der Waals surface area (Å²) in [5, 5.41) is 16.8. The second-order valence-electron chi connectivity index (χ2n) is 6.98. The van der Waals surface area contributed by atoms with E-state index in [9.17, 15) is 13.2 Å². The maximum Gasteiger partial charge on any atom is 0.433 e. The van der Waals surface area contributed by atoms with E-state index < -0.39 is 11.9 Å². The zero-order chi connectivity index (χ0) is 21.0. The number of halogens is 3. The molecule has 4 N–H and O–H groups in total. The molecule has 1 aliphatic rings. The Morgan fingerprint density at radius 3 is 2.52 bits per heavy atom. The molecule has 154 valence electrons. The fraction of sp³-hybridized carbons (Fsp3) is 0.368. The van der Waals surface area contributed by atoms with Crippen molar-refractivity contribution in [2.24, 2.45) is 0 Å². The van der Waals surface area contributed by atoms with E-state index in [4.69, 9.17) is 5.41 Å². The van der Waals surface area contributed by atoms with Gasteiger partial charge in [0, 0.05) is 30.6 Å². The third kappa shape index (κ3) is 5.90. The number of alkyl halides is 3. The van der Waals surface area contributed by atoms with Crippen molar-refractivity contribution in [3.05, 3.63) is 41.9 Å². The molecule has 0 bridgehead atoms. The van der Waals surface area contributed by atoms with Gasteiger partial charge < -0.3 is 21.4 Å². The largest absolute Gasteiger partial charge is 0.433 e. The summed E-state index contributed by atoms with van der Waals surface area (Å²) in [6, 6.07) is 5.70. The van der Waals surface area contributed by atoms with Crippen LogP contribution >= 0.6 is 0 Å². The van der Waals surface area contributed by atoms with E-state index in [0.29, 0.717) is 23.4 Å². The Balaban J connectivity index is 1.95. The van der Waals surface area contributed by atoms with Gasteiger partial charge in [0.15, 0.2) is 5.82 Å². The van der Waals surface area contributed by atoms with E-state index in [1.807, 2.05) is 13.8 Å². The van der Waals surface area contributed by atoms with Crippen LogP contribution in [0.5, 0.6) is 0 Å². The first kappa shape index (κ1) is 20.6. The van der Waals surface area contributed by atoms with Crippen LogP contribution in [0.3, 0.4) is 0 Å². The van der Waals surface area contributed by atoms with E-state index in [0.717, 1.165) is 25.1 Å². The molecule has 3 rings (SSSR count). The number of nitrogens with zero attached hydrogens (tertiary/aromatic N) is 3. The number of hydrogen-bond donors (Lipinski definition) is 4. The molecule has 2 aromatic rings. The molecule has 0 radical (unpaired) electrons. The summed E-state index contributed by atoms with van der Waals surface area (Å²) < 4.78 is 39.1. The summed E-state index contributed by atoms with van der Waals surface area (Å²) in [7, 11) is 0. The van der Waals surface area contributed by atoms with Crippen molar-refractivity contribution in [3.63, 3.8) is 0 Å². The first-order valence-corrected chi connectivity index (χ1v) is 9.18. The van der Waals surface area contributed by atoms with Crippen molar-refractivity contribution < 1.29 is 13.2 Å². The van der Waals surface area contributed by atoms with E-state index in [1.54, 1.807) is 12.3 Å². The number of nitrogens with one attached hydrogen (secondary N) is 4. The molecule has 29 heavy (non-hydrogen) atoms. The highest BCUT2D eigenvalue weighted by atomic mass is 19.4. The van der Waals surface area contributed by atoms with Crippen LogP contribution in [0.2, 0.25) is 0 Å². The predicted octanol–water partition coefficient (Wildman–Crippen LogP) is 4.03. The summed E-state index contributed by atoms with van der Waals surface area (Å²) in [4.78, 5) is 12.3. The minimum Gasteiger partial charge on any atom is -0.386 e. The van der Waals surface area contributed by atoms with Gasteiger partial charge in [-0.25, -0.2) is 15.0 Å². The van der Waals surface area contributed by atoms with Crippen molar-refractivity contribution in [2.45, 2.75) is 44.9 Å². The maximum atomic E-state index is 13.0. The topological polar surface area (TPSA) is 98.6 Å². The van der Waals surface area contributed by atoms with Crippen molar-refractivity contribution >= 4 is 17.9 Å². The zero-order valence-electron chi connectivity index (χ0n) is 16.0. The monoisotopic (exact) mass is 405 g/mol. The van der Waals surface area contributed by atoms with Crippen LogP contribution in [0.15, 0.2) is 36.2 Å². The van der Waals surface area contributed by atoms with Crippen LogP contribution in [0, 0.1) is 5.41 Å². The van der Waals surface area contributed by atoms with Crippen molar-refractivity contribution in [1.82, 2.24) is 20.3 Å². The molecular formula is C19H22F3N7.